The third-order valence-corrected chi connectivity index (χ3v) is 4.37. The molecule has 0 rings (SSSR count). The molecule has 0 aromatic heterocycles. The van der Waals surface area contributed by atoms with Gasteiger partial charge in [0, 0.05) is 6.54 Å². The molecule has 14 nitrogen and oxygen atoms in total. The number of hydrogen-bond acceptors (Lipinski definition) is 8. The van der Waals surface area contributed by atoms with Crippen LogP contribution < -0.4 is 38.9 Å². The van der Waals surface area contributed by atoms with E-state index in [2.05, 4.69) is 20.9 Å². The molecule has 0 radical (unpaired) electrons. The predicted molar refractivity (Wildman–Crippen MR) is 117 cm³/mol. The summed E-state index contributed by atoms with van der Waals surface area (Å²) in [5.74, 6) is -3.63. The number of carboxylic acids is 1. The molecule has 0 aliphatic heterocycles. The number of hydrogen-bond donors (Lipinski definition) is 9. The lowest BCUT2D eigenvalue weighted by Gasteiger charge is -2.23. The second-order valence-electron chi connectivity index (χ2n) is 7.24. The molecule has 0 spiro atoms. The average molecular weight is 461 g/mol. The Kier molecular flexibility index (Phi) is 14.3. The number of carbonyl (C=O) groups excluding carboxylic acids is 3. The minimum absolute atomic E-state index is 0.0242. The molecule has 0 aromatic carbocycles. The van der Waals surface area contributed by atoms with Crippen molar-refractivity contribution in [2.75, 3.05) is 19.6 Å². The van der Waals surface area contributed by atoms with Gasteiger partial charge in [-0.05, 0) is 39.2 Å². The zero-order chi connectivity index (χ0) is 24.7. The predicted octanol–water partition coefficient (Wildman–Crippen LogP) is -3.95. The Morgan fingerprint density at radius 1 is 1.00 bits per heavy atom. The van der Waals surface area contributed by atoms with Crippen molar-refractivity contribution in [3.8, 4) is 0 Å². The van der Waals surface area contributed by atoms with Gasteiger partial charge in [0.05, 0.1) is 18.7 Å². The molecule has 4 atom stereocenters. The van der Waals surface area contributed by atoms with Crippen LogP contribution in [0.5, 0.6) is 0 Å². The highest BCUT2D eigenvalue weighted by molar-refractivity contribution is 5.92. The summed E-state index contributed by atoms with van der Waals surface area (Å²) in [6.45, 7) is 1.44. The highest BCUT2D eigenvalue weighted by atomic mass is 16.4. The van der Waals surface area contributed by atoms with Crippen molar-refractivity contribution in [3.05, 3.63) is 0 Å². The van der Waals surface area contributed by atoms with E-state index in [0.29, 0.717) is 19.4 Å². The van der Waals surface area contributed by atoms with Crippen molar-refractivity contribution < 1.29 is 29.4 Å². The lowest BCUT2D eigenvalue weighted by atomic mass is 10.1. The van der Waals surface area contributed by atoms with Crippen molar-refractivity contribution in [1.29, 1.82) is 0 Å². The van der Waals surface area contributed by atoms with E-state index in [1.54, 1.807) is 0 Å². The number of aliphatic hydroxyl groups is 1. The smallest absolute Gasteiger partial charge is 0.326 e. The van der Waals surface area contributed by atoms with Crippen LogP contribution in [0, 0.1) is 0 Å². The minimum atomic E-state index is -1.43. The van der Waals surface area contributed by atoms with Gasteiger partial charge in [0.2, 0.25) is 17.7 Å². The fourth-order valence-corrected chi connectivity index (χ4v) is 2.59. The van der Waals surface area contributed by atoms with Gasteiger partial charge in [-0.15, -0.1) is 0 Å². The van der Waals surface area contributed by atoms with Crippen LogP contribution in [0.2, 0.25) is 0 Å². The van der Waals surface area contributed by atoms with Gasteiger partial charge in [0.15, 0.2) is 5.96 Å². The van der Waals surface area contributed by atoms with E-state index in [1.165, 1.54) is 6.92 Å². The van der Waals surface area contributed by atoms with Gasteiger partial charge in [-0.1, -0.05) is 6.42 Å². The first-order valence-electron chi connectivity index (χ1n) is 10.3. The van der Waals surface area contributed by atoms with Gasteiger partial charge in [0.1, 0.15) is 12.1 Å². The second-order valence-corrected chi connectivity index (χ2v) is 7.24. The van der Waals surface area contributed by atoms with E-state index in [1.807, 2.05) is 0 Å². The third-order valence-electron chi connectivity index (χ3n) is 4.37. The van der Waals surface area contributed by atoms with E-state index >= 15 is 0 Å². The first kappa shape index (κ1) is 29.0. The number of carboxylic acid groups (broad SMARTS) is 1. The van der Waals surface area contributed by atoms with Crippen LogP contribution in [0.4, 0.5) is 0 Å². The highest BCUT2D eigenvalue weighted by Crippen LogP contribution is 2.02. The number of nitrogens with one attached hydrogen (secondary N) is 3. The number of aliphatic carboxylic acids is 1. The zero-order valence-electron chi connectivity index (χ0n) is 18.3. The Bertz CT molecular complexity index is 653. The van der Waals surface area contributed by atoms with Crippen LogP contribution in [-0.2, 0) is 19.2 Å². The molecule has 0 saturated heterocycles. The fraction of sp³-hybridized carbons (Fsp3) is 0.722. The van der Waals surface area contributed by atoms with Crippen LogP contribution in [0.15, 0.2) is 4.99 Å². The number of rotatable bonds is 16. The maximum atomic E-state index is 12.4. The number of unbranched alkanes of at least 4 members (excludes halogenated alkanes) is 1. The van der Waals surface area contributed by atoms with Crippen molar-refractivity contribution in [2.45, 2.75) is 63.3 Å². The molecule has 0 aliphatic carbocycles. The molecule has 0 aliphatic rings. The van der Waals surface area contributed by atoms with Crippen LogP contribution in [0.25, 0.3) is 0 Å². The van der Waals surface area contributed by atoms with Crippen LogP contribution in [0.3, 0.4) is 0 Å². The van der Waals surface area contributed by atoms with Crippen LogP contribution in [0.1, 0.15) is 39.0 Å². The summed E-state index contributed by atoms with van der Waals surface area (Å²) in [6.07, 6.45) is 0.762. The zero-order valence-corrected chi connectivity index (χ0v) is 18.3. The summed E-state index contributed by atoms with van der Waals surface area (Å²) in [6, 6.07) is -3.52. The third kappa shape index (κ3) is 12.7. The molecular formula is C18H36N8O6. The Morgan fingerprint density at radius 3 is 2.19 bits per heavy atom. The molecule has 0 aromatic rings. The van der Waals surface area contributed by atoms with Gasteiger partial charge in [-0.25, -0.2) is 4.79 Å². The second kappa shape index (κ2) is 15.8. The van der Waals surface area contributed by atoms with Gasteiger partial charge in [-0.3, -0.25) is 19.4 Å². The van der Waals surface area contributed by atoms with Crippen molar-refractivity contribution in [1.82, 2.24) is 16.0 Å². The maximum Gasteiger partial charge on any atom is 0.326 e. The summed E-state index contributed by atoms with van der Waals surface area (Å²) in [5.41, 5.74) is 21.5. The molecule has 14 heteroatoms. The van der Waals surface area contributed by atoms with Gasteiger partial charge >= 0.3 is 5.97 Å². The lowest BCUT2D eigenvalue weighted by Crippen LogP contribution is -2.57. The Labute approximate surface area is 186 Å². The van der Waals surface area contributed by atoms with E-state index in [0.717, 1.165) is 6.42 Å². The first-order valence-corrected chi connectivity index (χ1v) is 10.3. The Balaban J connectivity index is 4.73. The first-order chi connectivity index (χ1) is 15.0. The summed E-state index contributed by atoms with van der Waals surface area (Å²) < 4.78 is 0. The largest absolute Gasteiger partial charge is 0.480 e. The number of amides is 3. The Hall–Kier alpha value is -2.97. The van der Waals surface area contributed by atoms with Crippen molar-refractivity contribution in [3.63, 3.8) is 0 Å². The molecule has 3 amide bonds. The van der Waals surface area contributed by atoms with Gasteiger partial charge in [-0.2, -0.15) is 0 Å². The van der Waals surface area contributed by atoms with E-state index in [9.17, 15) is 29.4 Å². The monoisotopic (exact) mass is 460 g/mol. The summed E-state index contributed by atoms with van der Waals surface area (Å²) >= 11 is 0. The van der Waals surface area contributed by atoms with Crippen LogP contribution >= 0.6 is 0 Å². The van der Waals surface area contributed by atoms with Crippen molar-refractivity contribution in [2.24, 2.45) is 27.9 Å². The molecular weight excluding hydrogens is 424 g/mol. The molecule has 0 unspecified atom stereocenters. The number of aliphatic imine (C=N–C) groups is 1. The molecule has 32 heavy (non-hydrogen) atoms. The minimum Gasteiger partial charge on any atom is -0.480 e. The van der Waals surface area contributed by atoms with Gasteiger partial charge in [0.25, 0.3) is 0 Å². The topological polar surface area (TPSA) is 261 Å². The highest BCUT2D eigenvalue weighted by Gasteiger charge is 2.29. The average Bonchev–Trinajstić information content (AvgIpc) is 2.71. The number of guanidine groups is 1. The normalized spacial score (nSPS) is 14.4. The summed E-state index contributed by atoms with van der Waals surface area (Å²) in [5, 5.41) is 26.0. The lowest BCUT2D eigenvalue weighted by molar-refractivity contribution is -0.143. The van der Waals surface area contributed by atoms with Crippen LogP contribution in [-0.4, -0.2) is 83.7 Å². The number of nitrogens with zero attached hydrogens (tertiary/aromatic N) is 1. The standard InChI is InChI=1S/C18H36N8O6/c1-10(27)14(16(30)25-12(17(31)32)6-4-8-23-18(21)22)26-13(28)9-24-15(29)11(20)5-2-3-7-19/h10-12,14,27H,2-9,19-20H2,1H3,(H,24,29)(H,25,30)(H,26,28)(H,31,32)(H4,21,22,23)/t10-,11+,12+,14+/m1/s1. The molecule has 184 valence electrons. The van der Waals surface area contributed by atoms with E-state index in [-0.39, 0.29) is 25.3 Å². The number of nitrogens with two attached hydrogens (primary N) is 4. The van der Waals surface area contributed by atoms with Crippen molar-refractivity contribution >= 4 is 29.7 Å². The maximum absolute atomic E-state index is 12.4. The molecule has 0 heterocycles. The van der Waals surface area contributed by atoms with Gasteiger partial charge < -0.3 is 49.1 Å². The van der Waals surface area contributed by atoms with E-state index in [4.69, 9.17) is 22.9 Å². The molecule has 13 N–H and O–H groups in total. The number of aliphatic hydroxyl groups excluding tert-OH is 1. The Morgan fingerprint density at radius 2 is 1.66 bits per heavy atom. The molecule has 0 saturated carbocycles. The summed E-state index contributed by atoms with van der Waals surface area (Å²) in [4.78, 5) is 51.6. The fourth-order valence-electron chi connectivity index (χ4n) is 2.59. The summed E-state index contributed by atoms with van der Waals surface area (Å²) in [7, 11) is 0. The molecule has 0 fully saturated rings. The quantitative estimate of drug-likeness (QED) is 0.0612. The SMILES string of the molecule is C[C@@H](O)[C@H](NC(=O)CNC(=O)[C@@H](N)CCCCN)C(=O)N[C@@H](CCCN=C(N)N)C(=O)O. The number of carbonyl (C=O) groups is 4. The molecule has 0 bridgehead atoms. The van der Waals surface area contributed by atoms with E-state index < -0.39 is 54.5 Å².